The quantitative estimate of drug-likeness (QED) is 0.195. The van der Waals surface area contributed by atoms with Gasteiger partial charge in [-0.1, -0.05) is 78.3 Å². The Labute approximate surface area is 228 Å². The SMILES string of the molecule is O=C(Cc1ccc(-c2ccccc2)cc1)NCCCc1nc2ccccc2n1CCOc1ccc(Cl)cc1. The average molecular weight is 524 g/mol. The fourth-order valence-corrected chi connectivity index (χ4v) is 4.65. The topological polar surface area (TPSA) is 56.2 Å². The number of benzene rings is 4. The Morgan fingerprint density at radius 3 is 2.34 bits per heavy atom. The third kappa shape index (κ3) is 6.61. The zero-order chi connectivity index (χ0) is 26.2. The van der Waals surface area contributed by atoms with Gasteiger partial charge in [0.1, 0.15) is 18.2 Å². The molecule has 5 aromatic rings. The van der Waals surface area contributed by atoms with E-state index in [0.717, 1.165) is 46.6 Å². The third-order valence-electron chi connectivity index (χ3n) is 6.46. The maximum Gasteiger partial charge on any atom is 0.224 e. The zero-order valence-corrected chi connectivity index (χ0v) is 21.9. The number of halogens is 1. The largest absolute Gasteiger partial charge is 0.492 e. The first-order chi connectivity index (χ1) is 18.7. The van der Waals surface area contributed by atoms with Gasteiger partial charge in [-0.25, -0.2) is 4.98 Å². The van der Waals surface area contributed by atoms with Crippen molar-refractivity contribution in [2.45, 2.75) is 25.8 Å². The molecule has 0 fully saturated rings. The van der Waals surface area contributed by atoms with Crippen LogP contribution in [0.2, 0.25) is 5.02 Å². The summed E-state index contributed by atoms with van der Waals surface area (Å²) in [5.74, 6) is 1.82. The van der Waals surface area contributed by atoms with Crippen molar-refractivity contribution in [3.05, 3.63) is 120 Å². The smallest absolute Gasteiger partial charge is 0.224 e. The second-order valence-electron chi connectivity index (χ2n) is 9.16. The van der Waals surface area contributed by atoms with E-state index in [1.54, 1.807) is 0 Å². The van der Waals surface area contributed by atoms with E-state index in [0.29, 0.717) is 31.1 Å². The van der Waals surface area contributed by atoms with Crippen molar-refractivity contribution in [2.24, 2.45) is 0 Å². The lowest BCUT2D eigenvalue weighted by Crippen LogP contribution is -2.26. The molecular formula is C32H30ClN3O2. The molecule has 1 amide bonds. The molecule has 192 valence electrons. The number of aryl methyl sites for hydroxylation is 1. The van der Waals surface area contributed by atoms with Crippen LogP contribution in [-0.4, -0.2) is 28.6 Å². The molecule has 1 aromatic heterocycles. The van der Waals surface area contributed by atoms with E-state index in [1.165, 1.54) is 5.56 Å². The molecule has 5 rings (SSSR count). The van der Waals surface area contributed by atoms with Crippen LogP contribution in [0.25, 0.3) is 22.2 Å². The summed E-state index contributed by atoms with van der Waals surface area (Å²) in [6, 6.07) is 33.9. The monoisotopic (exact) mass is 523 g/mol. The summed E-state index contributed by atoms with van der Waals surface area (Å²) in [5, 5.41) is 3.75. The normalized spacial score (nSPS) is 11.0. The van der Waals surface area contributed by atoms with E-state index in [9.17, 15) is 4.79 Å². The molecule has 0 unspecified atom stereocenters. The van der Waals surface area contributed by atoms with Crippen LogP contribution >= 0.6 is 11.6 Å². The second-order valence-corrected chi connectivity index (χ2v) is 9.60. The Kier molecular flexibility index (Phi) is 8.36. The number of ether oxygens (including phenoxy) is 1. The zero-order valence-electron chi connectivity index (χ0n) is 21.1. The summed E-state index contributed by atoms with van der Waals surface area (Å²) in [6.45, 7) is 1.81. The number of rotatable bonds is 11. The highest BCUT2D eigenvalue weighted by Gasteiger charge is 2.11. The summed E-state index contributed by atoms with van der Waals surface area (Å²) >= 11 is 5.97. The molecule has 0 saturated carbocycles. The lowest BCUT2D eigenvalue weighted by atomic mass is 10.0. The molecule has 1 heterocycles. The predicted molar refractivity (Wildman–Crippen MR) is 154 cm³/mol. The van der Waals surface area contributed by atoms with Crippen LogP contribution in [0.1, 0.15) is 17.8 Å². The molecule has 5 nitrogen and oxygen atoms in total. The van der Waals surface area contributed by atoms with Gasteiger partial charge < -0.3 is 14.6 Å². The minimum Gasteiger partial charge on any atom is -0.492 e. The van der Waals surface area contributed by atoms with Crippen LogP contribution in [0.5, 0.6) is 5.75 Å². The summed E-state index contributed by atoms with van der Waals surface area (Å²) in [7, 11) is 0. The molecule has 0 atom stereocenters. The number of para-hydroxylation sites is 2. The lowest BCUT2D eigenvalue weighted by molar-refractivity contribution is -0.120. The minimum absolute atomic E-state index is 0.0299. The lowest BCUT2D eigenvalue weighted by Gasteiger charge is -2.11. The van der Waals surface area contributed by atoms with E-state index in [1.807, 2.05) is 72.8 Å². The Balaban J connectivity index is 1.12. The Morgan fingerprint density at radius 2 is 1.55 bits per heavy atom. The highest BCUT2D eigenvalue weighted by atomic mass is 35.5. The van der Waals surface area contributed by atoms with Crippen molar-refractivity contribution in [3.8, 4) is 16.9 Å². The molecule has 0 aliphatic heterocycles. The van der Waals surface area contributed by atoms with Crippen LogP contribution in [0.15, 0.2) is 103 Å². The Morgan fingerprint density at radius 1 is 0.842 bits per heavy atom. The maximum absolute atomic E-state index is 12.5. The van der Waals surface area contributed by atoms with Crippen LogP contribution < -0.4 is 10.1 Å². The van der Waals surface area contributed by atoms with Crippen molar-refractivity contribution in [1.29, 1.82) is 0 Å². The number of amides is 1. The molecule has 0 bridgehead atoms. The summed E-state index contributed by atoms with van der Waals surface area (Å²) in [6.07, 6.45) is 1.94. The standard InChI is InChI=1S/C32H30ClN3O2/c33-27-16-18-28(19-17-27)38-22-21-36-30-10-5-4-9-29(30)35-31(36)11-6-20-34-32(37)23-24-12-14-26(15-13-24)25-7-2-1-3-8-25/h1-5,7-10,12-19H,6,11,20-23H2,(H,34,37). The van der Waals surface area contributed by atoms with Crippen molar-refractivity contribution in [1.82, 2.24) is 14.9 Å². The van der Waals surface area contributed by atoms with Gasteiger partial charge in [-0.3, -0.25) is 4.79 Å². The summed E-state index contributed by atoms with van der Waals surface area (Å²) < 4.78 is 8.13. The first kappa shape index (κ1) is 25.6. The number of fused-ring (bicyclic) bond motifs is 1. The number of hydrogen-bond acceptors (Lipinski definition) is 3. The van der Waals surface area contributed by atoms with Crippen molar-refractivity contribution in [3.63, 3.8) is 0 Å². The second kappa shape index (κ2) is 12.4. The Bertz CT molecular complexity index is 1480. The number of nitrogens with zero attached hydrogens (tertiary/aromatic N) is 2. The van der Waals surface area contributed by atoms with Gasteiger partial charge in [-0.15, -0.1) is 0 Å². The number of aromatic nitrogens is 2. The first-order valence-corrected chi connectivity index (χ1v) is 13.3. The molecule has 1 N–H and O–H groups in total. The molecule has 4 aromatic carbocycles. The van der Waals surface area contributed by atoms with Gasteiger partial charge in [0, 0.05) is 18.0 Å². The van der Waals surface area contributed by atoms with E-state index in [4.69, 9.17) is 21.3 Å². The molecule has 0 spiro atoms. The molecule has 0 radical (unpaired) electrons. The Hall–Kier alpha value is -4.09. The van der Waals surface area contributed by atoms with Gasteiger partial charge >= 0.3 is 0 Å². The van der Waals surface area contributed by atoms with Gasteiger partial charge in [0.05, 0.1) is 24.0 Å². The fourth-order valence-electron chi connectivity index (χ4n) is 4.52. The number of carbonyl (C=O) groups excluding carboxylic acids is 1. The van der Waals surface area contributed by atoms with E-state index < -0.39 is 0 Å². The highest BCUT2D eigenvalue weighted by Crippen LogP contribution is 2.20. The summed E-state index contributed by atoms with van der Waals surface area (Å²) in [5.41, 5.74) is 5.38. The minimum atomic E-state index is 0.0299. The fraction of sp³-hybridized carbons (Fsp3) is 0.188. The first-order valence-electron chi connectivity index (χ1n) is 12.9. The van der Waals surface area contributed by atoms with Crippen molar-refractivity contribution >= 4 is 28.5 Å². The van der Waals surface area contributed by atoms with Gasteiger partial charge in [0.15, 0.2) is 0 Å². The third-order valence-corrected chi connectivity index (χ3v) is 6.71. The van der Waals surface area contributed by atoms with Crippen LogP contribution in [-0.2, 0) is 24.2 Å². The van der Waals surface area contributed by atoms with Gasteiger partial charge in [0.2, 0.25) is 5.91 Å². The number of nitrogens with one attached hydrogen (secondary N) is 1. The highest BCUT2D eigenvalue weighted by molar-refractivity contribution is 6.30. The van der Waals surface area contributed by atoms with Crippen molar-refractivity contribution in [2.75, 3.05) is 13.2 Å². The van der Waals surface area contributed by atoms with Crippen molar-refractivity contribution < 1.29 is 9.53 Å². The average Bonchev–Trinajstić information content (AvgIpc) is 3.30. The van der Waals surface area contributed by atoms with Crippen LogP contribution in [0.4, 0.5) is 0 Å². The van der Waals surface area contributed by atoms with Gasteiger partial charge in [-0.05, 0) is 59.5 Å². The summed E-state index contributed by atoms with van der Waals surface area (Å²) in [4.78, 5) is 17.4. The molecule has 6 heteroatoms. The van der Waals surface area contributed by atoms with Gasteiger partial charge in [-0.2, -0.15) is 0 Å². The maximum atomic E-state index is 12.5. The van der Waals surface area contributed by atoms with E-state index >= 15 is 0 Å². The van der Waals surface area contributed by atoms with Crippen LogP contribution in [0.3, 0.4) is 0 Å². The van der Waals surface area contributed by atoms with Crippen LogP contribution in [0, 0.1) is 0 Å². The predicted octanol–water partition coefficient (Wildman–Crippen LogP) is 6.73. The molecule has 0 aliphatic carbocycles. The van der Waals surface area contributed by atoms with E-state index in [-0.39, 0.29) is 5.91 Å². The number of carbonyl (C=O) groups is 1. The number of hydrogen-bond donors (Lipinski definition) is 1. The van der Waals surface area contributed by atoms with Gasteiger partial charge in [0.25, 0.3) is 0 Å². The number of imidazole rings is 1. The molecule has 0 saturated heterocycles. The van der Waals surface area contributed by atoms with E-state index in [2.05, 4.69) is 40.2 Å². The molecule has 0 aliphatic rings. The molecule has 38 heavy (non-hydrogen) atoms. The molecular weight excluding hydrogens is 494 g/mol.